The highest BCUT2D eigenvalue weighted by Crippen LogP contribution is 2.33. The summed E-state index contributed by atoms with van der Waals surface area (Å²) in [5, 5.41) is 20.0. The van der Waals surface area contributed by atoms with Crippen LogP contribution in [-0.4, -0.2) is 36.8 Å². The van der Waals surface area contributed by atoms with E-state index in [2.05, 4.69) is 0 Å². The molecule has 0 aliphatic heterocycles. The van der Waals surface area contributed by atoms with Crippen molar-refractivity contribution < 1.29 is 18.4 Å². The number of rotatable bonds is 3. The van der Waals surface area contributed by atoms with Crippen LogP contribution in [0.2, 0.25) is 0 Å². The molecule has 1 aromatic rings. The topological polar surface area (TPSA) is 101 Å². The molecule has 0 atom stereocenters. The molecule has 8 heteroatoms. The lowest BCUT2D eigenvalue weighted by Gasteiger charge is -2.12. The van der Waals surface area contributed by atoms with E-state index in [0.717, 1.165) is 16.4 Å². The number of benzene rings is 1. The van der Waals surface area contributed by atoms with Gasteiger partial charge in [0.25, 0.3) is 0 Å². The Morgan fingerprint density at radius 3 is 2.38 bits per heavy atom. The van der Waals surface area contributed by atoms with E-state index in [-0.39, 0.29) is 0 Å². The Hall–Kier alpha value is -1.67. The van der Waals surface area contributed by atoms with Crippen molar-refractivity contribution in [2.75, 3.05) is 14.1 Å². The highest BCUT2D eigenvalue weighted by atomic mass is 32.2. The number of aromatic hydroxyl groups is 1. The van der Waals surface area contributed by atoms with Gasteiger partial charge in [-0.15, -0.1) is 0 Å². The SMILES string of the molecule is CN(C)S(=O)(=O)c1cccc([N+](=O)[O-])c1O. The van der Waals surface area contributed by atoms with Gasteiger partial charge in [-0.05, 0) is 6.07 Å². The Morgan fingerprint density at radius 1 is 1.38 bits per heavy atom. The monoisotopic (exact) mass is 246 g/mol. The van der Waals surface area contributed by atoms with E-state index in [1.54, 1.807) is 0 Å². The van der Waals surface area contributed by atoms with Gasteiger partial charge in [-0.25, -0.2) is 12.7 Å². The third-order valence-electron chi connectivity index (χ3n) is 1.93. The molecule has 88 valence electrons. The van der Waals surface area contributed by atoms with E-state index in [0.29, 0.717) is 0 Å². The van der Waals surface area contributed by atoms with Crippen molar-refractivity contribution >= 4 is 15.7 Å². The van der Waals surface area contributed by atoms with E-state index in [4.69, 9.17) is 0 Å². The summed E-state index contributed by atoms with van der Waals surface area (Å²) in [6.45, 7) is 0. The van der Waals surface area contributed by atoms with Gasteiger partial charge in [0.2, 0.25) is 15.8 Å². The molecule has 0 fully saturated rings. The first-order valence-electron chi connectivity index (χ1n) is 4.17. The number of hydrogen-bond acceptors (Lipinski definition) is 5. The van der Waals surface area contributed by atoms with Crippen molar-refractivity contribution in [2.45, 2.75) is 4.90 Å². The largest absolute Gasteiger partial charge is 0.501 e. The summed E-state index contributed by atoms with van der Waals surface area (Å²) in [6.07, 6.45) is 0. The van der Waals surface area contributed by atoms with Crippen LogP contribution in [0.5, 0.6) is 5.75 Å². The zero-order valence-electron chi connectivity index (χ0n) is 8.61. The maximum Gasteiger partial charge on any atom is 0.312 e. The summed E-state index contributed by atoms with van der Waals surface area (Å²) < 4.78 is 24.2. The maximum absolute atomic E-state index is 11.7. The van der Waals surface area contributed by atoms with E-state index < -0.39 is 31.3 Å². The third kappa shape index (κ3) is 1.97. The normalized spacial score (nSPS) is 11.7. The molecule has 0 bridgehead atoms. The molecule has 0 saturated carbocycles. The summed E-state index contributed by atoms with van der Waals surface area (Å²) in [7, 11) is -1.34. The van der Waals surface area contributed by atoms with Gasteiger partial charge in [0, 0.05) is 20.2 Å². The van der Waals surface area contributed by atoms with Crippen LogP contribution in [0.3, 0.4) is 0 Å². The fourth-order valence-electron chi connectivity index (χ4n) is 1.06. The number of phenols is 1. The zero-order chi connectivity index (χ0) is 12.5. The number of para-hydroxylation sites is 1. The van der Waals surface area contributed by atoms with Gasteiger partial charge >= 0.3 is 5.69 Å². The Labute approximate surface area is 92.1 Å². The van der Waals surface area contributed by atoms with Crippen molar-refractivity contribution in [2.24, 2.45) is 0 Å². The smallest absolute Gasteiger partial charge is 0.312 e. The van der Waals surface area contributed by atoms with E-state index >= 15 is 0 Å². The lowest BCUT2D eigenvalue weighted by molar-refractivity contribution is -0.386. The van der Waals surface area contributed by atoms with Crippen LogP contribution in [0.1, 0.15) is 0 Å². The summed E-state index contributed by atoms with van der Waals surface area (Å²) in [6, 6.07) is 3.34. The predicted molar refractivity (Wildman–Crippen MR) is 55.6 cm³/mol. The molecule has 0 radical (unpaired) electrons. The van der Waals surface area contributed by atoms with Gasteiger partial charge in [0.1, 0.15) is 4.90 Å². The summed E-state index contributed by atoms with van der Waals surface area (Å²) in [5.41, 5.74) is -0.636. The van der Waals surface area contributed by atoms with Gasteiger partial charge in [0.05, 0.1) is 4.92 Å². The van der Waals surface area contributed by atoms with Crippen LogP contribution in [-0.2, 0) is 10.0 Å². The highest BCUT2D eigenvalue weighted by Gasteiger charge is 2.26. The van der Waals surface area contributed by atoms with E-state index in [1.807, 2.05) is 0 Å². The molecular formula is C8H10N2O5S. The molecule has 1 aromatic carbocycles. The van der Waals surface area contributed by atoms with Crippen molar-refractivity contribution in [3.63, 3.8) is 0 Å². The molecule has 1 N–H and O–H groups in total. The number of sulfonamides is 1. The third-order valence-corrected chi connectivity index (χ3v) is 3.78. The predicted octanol–water partition coefficient (Wildman–Crippen LogP) is 0.551. The molecule has 0 unspecified atom stereocenters. The Bertz CT molecular complexity index is 523. The average molecular weight is 246 g/mol. The van der Waals surface area contributed by atoms with Crippen LogP contribution in [0.25, 0.3) is 0 Å². The summed E-state index contributed by atoms with van der Waals surface area (Å²) in [4.78, 5) is 9.18. The zero-order valence-corrected chi connectivity index (χ0v) is 9.43. The van der Waals surface area contributed by atoms with Gasteiger partial charge in [0.15, 0.2) is 0 Å². The van der Waals surface area contributed by atoms with Gasteiger partial charge in [-0.2, -0.15) is 0 Å². The summed E-state index contributed by atoms with van der Waals surface area (Å²) >= 11 is 0. The van der Waals surface area contributed by atoms with Crippen molar-refractivity contribution in [1.29, 1.82) is 0 Å². The lowest BCUT2D eigenvalue weighted by atomic mass is 10.3. The second-order valence-electron chi connectivity index (χ2n) is 3.17. The molecule has 0 aliphatic rings. The maximum atomic E-state index is 11.7. The number of nitrogens with zero attached hydrogens (tertiary/aromatic N) is 2. The first-order valence-corrected chi connectivity index (χ1v) is 5.61. The summed E-state index contributed by atoms with van der Waals surface area (Å²) in [5.74, 6) is -0.846. The molecule has 0 saturated heterocycles. The Morgan fingerprint density at radius 2 is 1.94 bits per heavy atom. The minimum absolute atomic E-state index is 0.480. The lowest BCUT2D eigenvalue weighted by Crippen LogP contribution is -2.22. The number of phenolic OH excluding ortho intramolecular Hbond substituents is 1. The molecule has 0 aromatic heterocycles. The molecular weight excluding hydrogens is 236 g/mol. The second-order valence-corrected chi connectivity index (χ2v) is 5.29. The van der Waals surface area contributed by atoms with Crippen molar-refractivity contribution in [3.05, 3.63) is 28.3 Å². The van der Waals surface area contributed by atoms with Gasteiger partial charge in [-0.3, -0.25) is 10.1 Å². The first kappa shape index (κ1) is 12.4. The molecule has 16 heavy (non-hydrogen) atoms. The van der Waals surface area contributed by atoms with Crippen LogP contribution in [0.4, 0.5) is 5.69 Å². The van der Waals surface area contributed by atoms with Crippen molar-refractivity contribution in [1.82, 2.24) is 4.31 Å². The first-order chi connectivity index (χ1) is 7.28. The number of nitro groups is 1. The fourth-order valence-corrected chi connectivity index (χ4v) is 2.06. The standard InChI is InChI=1S/C8H10N2O5S/c1-9(2)16(14,15)7-5-3-4-6(8(7)11)10(12)13/h3-5,11H,1-2H3. The van der Waals surface area contributed by atoms with Crippen LogP contribution < -0.4 is 0 Å². The van der Waals surface area contributed by atoms with E-state index in [9.17, 15) is 23.6 Å². The van der Waals surface area contributed by atoms with Crippen LogP contribution in [0.15, 0.2) is 23.1 Å². The molecule has 0 heterocycles. The molecule has 0 aliphatic carbocycles. The highest BCUT2D eigenvalue weighted by molar-refractivity contribution is 7.89. The molecule has 0 amide bonds. The van der Waals surface area contributed by atoms with Gasteiger partial charge in [-0.1, -0.05) is 6.07 Å². The van der Waals surface area contributed by atoms with Crippen LogP contribution >= 0.6 is 0 Å². The van der Waals surface area contributed by atoms with Crippen LogP contribution in [0, 0.1) is 10.1 Å². The quantitative estimate of drug-likeness (QED) is 0.620. The Balaban J connectivity index is 3.49. The number of hydrogen-bond donors (Lipinski definition) is 1. The minimum Gasteiger partial charge on any atom is -0.501 e. The molecule has 0 spiro atoms. The van der Waals surface area contributed by atoms with E-state index in [1.165, 1.54) is 20.2 Å². The second kappa shape index (κ2) is 4.06. The van der Waals surface area contributed by atoms with Gasteiger partial charge < -0.3 is 5.11 Å². The fraction of sp³-hybridized carbons (Fsp3) is 0.250. The minimum atomic E-state index is -3.88. The average Bonchev–Trinajstić information content (AvgIpc) is 2.16. The molecule has 7 nitrogen and oxygen atoms in total. The van der Waals surface area contributed by atoms with Crippen molar-refractivity contribution in [3.8, 4) is 5.75 Å². The number of nitro benzene ring substituents is 1. The molecule has 1 rings (SSSR count). The Kier molecular flexibility index (Phi) is 3.15.